The van der Waals surface area contributed by atoms with Gasteiger partial charge in [-0.25, -0.2) is 4.39 Å². The van der Waals surface area contributed by atoms with E-state index in [2.05, 4.69) is 0 Å². The van der Waals surface area contributed by atoms with Gasteiger partial charge >= 0.3 is 0 Å². The fourth-order valence-corrected chi connectivity index (χ4v) is 2.39. The van der Waals surface area contributed by atoms with Crippen LogP contribution in [-0.4, -0.2) is 29.8 Å². The summed E-state index contributed by atoms with van der Waals surface area (Å²) in [4.78, 5) is 14.0. The molecular formula is C13H15ClFNO. The maximum Gasteiger partial charge on any atom is 0.254 e. The molecular weight excluding hydrogens is 241 g/mol. The summed E-state index contributed by atoms with van der Waals surface area (Å²) in [7, 11) is 0. The Balaban J connectivity index is 2.17. The van der Waals surface area contributed by atoms with Gasteiger partial charge in [-0.1, -0.05) is 6.07 Å². The van der Waals surface area contributed by atoms with Crippen molar-refractivity contribution in [3.8, 4) is 0 Å². The lowest BCUT2D eigenvalue weighted by Crippen LogP contribution is -2.29. The molecule has 4 heteroatoms. The van der Waals surface area contributed by atoms with Crippen LogP contribution in [0.15, 0.2) is 18.2 Å². The smallest absolute Gasteiger partial charge is 0.254 e. The quantitative estimate of drug-likeness (QED) is 0.744. The van der Waals surface area contributed by atoms with E-state index in [9.17, 15) is 9.18 Å². The van der Waals surface area contributed by atoms with Gasteiger partial charge in [0.2, 0.25) is 0 Å². The number of carbonyl (C=O) groups excluding carboxylic acids is 1. The zero-order chi connectivity index (χ0) is 12.4. The molecule has 1 aromatic carbocycles. The Morgan fingerprint density at radius 3 is 3.00 bits per heavy atom. The molecule has 1 heterocycles. The molecule has 0 aliphatic carbocycles. The lowest BCUT2D eigenvalue weighted by molar-refractivity contribution is 0.0787. The van der Waals surface area contributed by atoms with Crippen LogP contribution in [-0.2, 0) is 0 Å². The SMILES string of the molecule is Cc1ccc(F)cc1C(=O)N1CCC(CCl)C1. The van der Waals surface area contributed by atoms with Gasteiger partial charge in [-0.15, -0.1) is 11.6 Å². The summed E-state index contributed by atoms with van der Waals surface area (Å²) < 4.78 is 13.1. The lowest BCUT2D eigenvalue weighted by Gasteiger charge is -2.17. The maximum absolute atomic E-state index is 13.1. The molecule has 2 nitrogen and oxygen atoms in total. The minimum absolute atomic E-state index is 0.0883. The molecule has 0 spiro atoms. The molecule has 0 N–H and O–H groups in total. The standard InChI is InChI=1S/C13H15ClFNO/c1-9-2-3-11(15)6-12(9)13(17)16-5-4-10(7-14)8-16/h2-3,6,10H,4-5,7-8H2,1H3. The number of benzene rings is 1. The highest BCUT2D eigenvalue weighted by molar-refractivity contribution is 6.18. The average molecular weight is 256 g/mol. The molecule has 1 amide bonds. The van der Waals surface area contributed by atoms with Crippen molar-refractivity contribution in [1.29, 1.82) is 0 Å². The zero-order valence-corrected chi connectivity index (χ0v) is 10.5. The van der Waals surface area contributed by atoms with Crippen LogP contribution in [0.25, 0.3) is 0 Å². The first kappa shape index (κ1) is 12.4. The third kappa shape index (κ3) is 2.60. The van der Waals surface area contributed by atoms with E-state index in [1.165, 1.54) is 12.1 Å². The first-order valence-electron chi connectivity index (χ1n) is 5.73. The van der Waals surface area contributed by atoms with Crippen molar-refractivity contribution in [3.63, 3.8) is 0 Å². The maximum atomic E-state index is 13.1. The molecule has 1 aliphatic rings. The number of carbonyl (C=O) groups is 1. The number of alkyl halides is 1. The van der Waals surface area contributed by atoms with Crippen LogP contribution >= 0.6 is 11.6 Å². The Kier molecular flexibility index (Phi) is 3.67. The van der Waals surface area contributed by atoms with Gasteiger partial charge in [-0.3, -0.25) is 4.79 Å². The summed E-state index contributed by atoms with van der Waals surface area (Å²) in [6.45, 7) is 3.21. The summed E-state index contributed by atoms with van der Waals surface area (Å²) >= 11 is 5.78. The van der Waals surface area contributed by atoms with Gasteiger partial charge < -0.3 is 4.90 Å². The molecule has 0 saturated carbocycles. The van der Waals surface area contributed by atoms with Crippen molar-refractivity contribution in [2.45, 2.75) is 13.3 Å². The van der Waals surface area contributed by atoms with Crippen LogP contribution in [0.2, 0.25) is 0 Å². The van der Waals surface area contributed by atoms with E-state index in [0.29, 0.717) is 30.5 Å². The van der Waals surface area contributed by atoms with Crippen LogP contribution in [0.4, 0.5) is 4.39 Å². The van der Waals surface area contributed by atoms with E-state index in [1.54, 1.807) is 11.0 Å². The van der Waals surface area contributed by atoms with Crippen molar-refractivity contribution in [3.05, 3.63) is 35.1 Å². The van der Waals surface area contributed by atoms with Gasteiger partial charge in [0.15, 0.2) is 0 Å². The first-order chi connectivity index (χ1) is 8.11. The molecule has 17 heavy (non-hydrogen) atoms. The molecule has 1 aliphatic heterocycles. The lowest BCUT2D eigenvalue weighted by atomic mass is 10.1. The molecule has 0 aromatic heterocycles. The van der Waals surface area contributed by atoms with Crippen molar-refractivity contribution < 1.29 is 9.18 Å². The van der Waals surface area contributed by atoms with Crippen LogP contribution in [0.3, 0.4) is 0 Å². The summed E-state index contributed by atoms with van der Waals surface area (Å²) in [5.74, 6) is 0.488. The summed E-state index contributed by atoms with van der Waals surface area (Å²) in [6.07, 6.45) is 0.934. The van der Waals surface area contributed by atoms with E-state index in [0.717, 1.165) is 12.0 Å². The van der Waals surface area contributed by atoms with Crippen molar-refractivity contribution >= 4 is 17.5 Å². The fraction of sp³-hybridized carbons (Fsp3) is 0.462. The zero-order valence-electron chi connectivity index (χ0n) is 9.75. The van der Waals surface area contributed by atoms with Gasteiger partial charge in [-0.05, 0) is 37.0 Å². The first-order valence-corrected chi connectivity index (χ1v) is 6.26. The molecule has 1 saturated heterocycles. The van der Waals surface area contributed by atoms with E-state index in [4.69, 9.17) is 11.6 Å². The van der Waals surface area contributed by atoms with E-state index in [-0.39, 0.29) is 11.7 Å². The van der Waals surface area contributed by atoms with Crippen molar-refractivity contribution in [2.24, 2.45) is 5.92 Å². The minimum atomic E-state index is -0.368. The van der Waals surface area contributed by atoms with Crippen molar-refractivity contribution in [1.82, 2.24) is 4.90 Å². The molecule has 0 bridgehead atoms. The summed E-state index contributed by atoms with van der Waals surface area (Å²) in [6, 6.07) is 4.32. The van der Waals surface area contributed by atoms with Crippen LogP contribution < -0.4 is 0 Å². The average Bonchev–Trinajstić information content (AvgIpc) is 2.80. The second-order valence-electron chi connectivity index (χ2n) is 4.52. The molecule has 1 atom stereocenters. The van der Waals surface area contributed by atoms with Crippen LogP contribution in [0.5, 0.6) is 0 Å². The van der Waals surface area contributed by atoms with Gasteiger partial charge in [0, 0.05) is 24.5 Å². The highest BCUT2D eigenvalue weighted by atomic mass is 35.5. The number of halogens is 2. The number of likely N-dealkylation sites (tertiary alicyclic amines) is 1. The molecule has 2 rings (SSSR count). The monoisotopic (exact) mass is 255 g/mol. The largest absolute Gasteiger partial charge is 0.338 e. The van der Waals surface area contributed by atoms with Gasteiger partial charge in [-0.2, -0.15) is 0 Å². The topological polar surface area (TPSA) is 20.3 Å². The van der Waals surface area contributed by atoms with Crippen molar-refractivity contribution in [2.75, 3.05) is 19.0 Å². The van der Waals surface area contributed by atoms with Gasteiger partial charge in [0.25, 0.3) is 5.91 Å². The highest BCUT2D eigenvalue weighted by Crippen LogP contribution is 2.21. The second kappa shape index (κ2) is 5.05. The molecule has 1 unspecified atom stereocenters. The normalized spacial score (nSPS) is 19.7. The molecule has 92 valence electrons. The fourth-order valence-electron chi connectivity index (χ4n) is 2.14. The third-order valence-electron chi connectivity index (χ3n) is 3.22. The van der Waals surface area contributed by atoms with Gasteiger partial charge in [0.1, 0.15) is 5.82 Å². The Bertz CT molecular complexity index is 435. The number of nitrogens with zero attached hydrogens (tertiary/aromatic N) is 1. The Morgan fingerprint density at radius 1 is 1.59 bits per heavy atom. The van der Waals surface area contributed by atoms with E-state index >= 15 is 0 Å². The Hall–Kier alpha value is -1.09. The Labute approximate surface area is 105 Å². The summed E-state index contributed by atoms with van der Waals surface area (Å²) in [5.41, 5.74) is 1.27. The van der Waals surface area contributed by atoms with Crippen LogP contribution in [0, 0.1) is 18.7 Å². The van der Waals surface area contributed by atoms with E-state index < -0.39 is 0 Å². The number of hydrogen-bond acceptors (Lipinski definition) is 1. The van der Waals surface area contributed by atoms with E-state index in [1.807, 2.05) is 6.92 Å². The molecule has 0 radical (unpaired) electrons. The number of aryl methyl sites for hydroxylation is 1. The third-order valence-corrected chi connectivity index (χ3v) is 3.66. The number of amides is 1. The second-order valence-corrected chi connectivity index (χ2v) is 4.83. The number of hydrogen-bond donors (Lipinski definition) is 0. The molecule has 1 fully saturated rings. The predicted octanol–water partition coefficient (Wildman–Crippen LogP) is 2.84. The highest BCUT2D eigenvalue weighted by Gasteiger charge is 2.27. The summed E-state index contributed by atoms with van der Waals surface area (Å²) in [5, 5.41) is 0. The van der Waals surface area contributed by atoms with Gasteiger partial charge in [0.05, 0.1) is 0 Å². The van der Waals surface area contributed by atoms with Crippen LogP contribution in [0.1, 0.15) is 22.3 Å². The Morgan fingerprint density at radius 2 is 2.35 bits per heavy atom. The predicted molar refractivity (Wildman–Crippen MR) is 65.9 cm³/mol. The minimum Gasteiger partial charge on any atom is -0.338 e. The number of rotatable bonds is 2. The molecule has 1 aromatic rings.